The first-order chi connectivity index (χ1) is 7.04. The van der Waals surface area contributed by atoms with E-state index in [4.69, 9.17) is 17.3 Å². The van der Waals surface area contributed by atoms with Crippen LogP contribution in [0.2, 0.25) is 5.02 Å². The number of rotatable bonds is 4. The van der Waals surface area contributed by atoms with Gasteiger partial charge in [-0.1, -0.05) is 17.7 Å². The van der Waals surface area contributed by atoms with Crippen molar-refractivity contribution in [3.05, 3.63) is 34.6 Å². The Hall–Kier alpha value is -0.350. The lowest BCUT2D eigenvalue weighted by Gasteiger charge is -2.23. The Bertz CT molecular complexity index is 334. The van der Waals surface area contributed by atoms with Crippen LogP contribution in [0.15, 0.2) is 18.2 Å². The molecule has 1 rings (SSSR count). The number of benzene rings is 1. The first kappa shape index (κ1) is 15.7. The lowest BCUT2D eigenvalue weighted by molar-refractivity contribution is 0.255. The van der Waals surface area contributed by atoms with Crippen molar-refractivity contribution < 1.29 is 4.39 Å². The second-order valence-corrected chi connectivity index (χ2v) is 4.14. The van der Waals surface area contributed by atoms with Gasteiger partial charge in [-0.3, -0.25) is 4.90 Å². The third-order valence-electron chi connectivity index (χ3n) is 2.53. The summed E-state index contributed by atoms with van der Waals surface area (Å²) in [5.74, 6) is -0.307. The van der Waals surface area contributed by atoms with Gasteiger partial charge in [-0.05, 0) is 31.7 Å². The number of nitrogens with two attached hydrogens (primary N) is 1. The minimum atomic E-state index is -0.307. The minimum absolute atomic E-state index is 0. The van der Waals surface area contributed by atoms with Gasteiger partial charge in [0.15, 0.2) is 0 Å². The van der Waals surface area contributed by atoms with Crippen molar-refractivity contribution in [3.63, 3.8) is 0 Å². The van der Waals surface area contributed by atoms with Gasteiger partial charge < -0.3 is 5.73 Å². The SMILES string of the molecule is CC(CN)N(C)Cc1ccc(F)cc1Cl.Cl. The monoisotopic (exact) mass is 266 g/mol. The zero-order valence-corrected chi connectivity index (χ0v) is 11.0. The van der Waals surface area contributed by atoms with Crippen molar-refractivity contribution in [1.29, 1.82) is 0 Å². The van der Waals surface area contributed by atoms with Crippen LogP contribution in [0.5, 0.6) is 0 Å². The average molecular weight is 267 g/mol. The molecule has 0 saturated heterocycles. The largest absolute Gasteiger partial charge is 0.329 e. The second kappa shape index (κ2) is 7.07. The molecule has 0 aliphatic heterocycles. The average Bonchev–Trinajstić information content (AvgIpc) is 2.20. The van der Waals surface area contributed by atoms with Crippen molar-refractivity contribution in [3.8, 4) is 0 Å². The van der Waals surface area contributed by atoms with Gasteiger partial charge >= 0.3 is 0 Å². The maximum Gasteiger partial charge on any atom is 0.124 e. The molecule has 2 nitrogen and oxygen atoms in total. The first-order valence-corrected chi connectivity index (χ1v) is 5.26. The first-order valence-electron chi connectivity index (χ1n) is 4.89. The molecule has 2 N–H and O–H groups in total. The molecule has 5 heteroatoms. The molecule has 0 bridgehead atoms. The van der Waals surface area contributed by atoms with E-state index in [0.717, 1.165) is 5.56 Å². The van der Waals surface area contributed by atoms with Crippen LogP contribution in [0.25, 0.3) is 0 Å². The zero-order chi connectivity index (χ0) is 11.4. The predicted molar refractivity (Wildman–Crippen MR) is 68.6 cm³/mol. The van der Waals surface area contributed by atoms with E-state index in [1.807, 2.05) is 14.0 Å². The summed E-state index contributed by atoms with van der Waals surface area (Å²) < 4.78 is 12.8. The number of hydrogen-bond acceptors (Lipinski definition) is 2. The number of hydrogen-bond donors (Lipinski definition) is 1. The molecule has 0 amide bonds. The molecular weight excluding hydrogens is 250 g/mol. The van der Waals surface area contributed by atoms with Gasteiger partial charge in [-0.15, -0.1) is 12.4 Å². The van der Waals surface area contributed by atoms with Crippen LogP contribution in [0, 0.1) is 5.82 Å². The number of halogens is 3. The summed E-state index contributed by atoms with van der Waals surface area (Å²) in [5.41, 5.74) is 6.47. The molecule has 1 aromatic carbocycles. The molecule has 0 aromatic heterocycles. The maximum atomic E-state index is 12.8. The third-order valence-corrected chi connectivity index (χ3v) is 2.88. The Morgan fingerprint density at radius 2 is 2.12 bits per heavy atom. The third kappa shape index (κ3) is 4.26. The molecule has 92 valence electrons. The van der Waals surface area contributed by atoms with Gasteiger partial charge in [-0.25, -0.2) is 4.39 Å². The molecule has 16 heavy (non-hydrogen) atoms. The van der Waals surface area contributed by atoms with E-state index in [9.17, 15) is 4.39 Å². The molecule has 0 radical (unpaired) electrons. The van der Waals surface area contributed by atoms with Crippen LogP contribution in [0.4, 0.5) is 4.39 Å². The van der Waals surface area contributed by atoms with Gasteiger partial charge in [0, 0.05) is 24.2 Å². The summed E-state index contributed by atoms with van der Waals surface area (Å²) in [7, 11) is 1.97. The maximum absolute atomic E-state index is 12.8. The van der Waals surface area contributed by atoms with E-state index in [1.165, 1.54) is 12.1 Å². The summed E-state index contributed by atoms with van der Waals surface area (Å²) in [4.78, 5) is 2.08. The topological polar surface area (TPSA) is 29.3 Å². The van der Waals surface area contributed by atoms with Crippen molar-refractivity contribution in [1.82, 2.24) is 4.90 Å². The van der Waals surface area contributed by atoms with Crippen LogP contribution in [-0.4, -0.2) is 24.5 Å². The van der Waals surface area contributed by atoms with Gasteiger partial charge in [-0.2, -0.15) is 0 Å². The molecule has 1 aromatic rings. The molecule has 0 fully saturated rings. The normalized spacial score (nSPS) is 12.4. The summed E-state index contributed by atoms with van der Waals surface area (Å²) >= 11 is 5.92. The predicted octanol–water partition coefficient (Wildman–Crippen LogP) is 2.68. The Morgan fingerprint density at radius 3 is 2.62 bits per heavy atom. The lowest BCUT2D eigenvalue weighted by Crippen LogP contribution is -2.34. The van der Waals surface area contributed by atoms with E-state index in [1.54, 1.807) is 6.07 Å². The fraction of sp³-hybridized carbons (Fsp3) is 0.455. The summed E-state index contributed by atoms with van der Waals surface area (Å²) in [6, 6.07) is 4.74. The van der Waals surface area contributed by atoms with Crippen molar-refractivity contribution in [2.24, 2.45) is 5.73 Å². The highest BCUT2D eigenvalue weighted by Crippen LogP contribution is 2.19. The molecule has 0 heterocycles. The van der Waals surface area contributed by atoms with E-state index >= 15 is 0 Å². The molecule has 0 aliphatic rings. The molecular formula is C11H17Cl2FN2. The Kier molecular flexibility index (Phi) is 6.91. The van der Waals surface area contributed by atoms with Gasteiger partial charge in [0.2, 0.25) is 0 Å². The van der Waals surface area contributed by atoms with Gasteiger partial charge in [0.05, 0.1) is 0 Å². The van der Waals surface area contributed by atoms with E-state index < -0.39 is 0 Å². The number of nitrogens with zero attached hydrogens (tertiary/aromatic N) is 1. The zero-order valence-electron chi connectivity index (χ0n) is 9.41. The van der Waals surface area contributed by atoms with Crippen molar-refractivity contribution >= 4 is 24.0 Å². The van der Waals surface area contributed by atoms with Crippen molar-refractivity contribution in [2.75, 3.05) is 13.6 Å². The number of likely N-dealkylation sites (N-methyl/N-ethyl adjacent to an activating group) is 1. The second-order valence-electron chi connectivity index (χ2n) is 3.74. The van der Waals surface area contributed by atoms with E-state index in [2.05, 4.69) is 4.90 Å². The van der Waals surface area contributed by atoms with E-state index in [0.29, 0.717) is 18.1 Å². The highest BCUT2D eigenvalue weighted by atomic mass is 35.5. The fourth-order valence-electron chi connectivity index (χ4n) is 1.25. The Morgan fingerprint density at radius 1 is 1.50 bits per heavy atom. The van der Waals surface area contributed by atoms with Gasteiger partial charge in [0.25, 0.3) is 0 Å². The smallest absolute Gasteiger partial charge is 0.124 e. The highest BCUT2D eigenvalue weighted by Gasteiger charge is 2.09. The molecule has 0 aliphatic carbocycles. The summed E-state index contributed by atoms with van der Waals surface area (Å²) in [5, 5.41) is 0.464. The molecule has 1 atom stereocenters. The van der Waals surface area contributed by atoms with Gasteiger partial charge in [0.1, 0.15) is 5.82 Å². The quantitative estimate of drug-likeness (QED) is 0.908. The Labute approximate surface area is 107 Å². The summed E-state index contributed by atoms with van der Waals surface area (Å²) in [6.07, 6.45) is 0. The van der Waals surface area contributed by atoms with Crippen molar-refractivity contribution in [2.45, 2.75) is 19.5 Å². The van der Waals surface area contributed by atoms with Crippen LogP contribution in [-0.2, 0) is 6.54 Å². The standard InChI is InChI=1S/C11H16ClFN2.ClH/c1-8(6-14)15(2)7-9-3-4-10(13)5-11(9)12;/h3-5,8H,6-7,14H2,1-2H3;1H. The fourth-order valence-corrected chi connectivity index (χ4v) is 1.48. The Balaban J connectivity index is 0.00000225. The molecule has 0 saturated carbocycles. The lowest BCUT2D eigenvalue weighted by atomic mass is 10.2. The highest BCUT2D eigenvalue weighted by molar-refractivity contribution is 6.31. The molecule has 1 unspecified atom stereocenters. The van der Waals surface area contributed by atoms with E-state index in [-0.39, 0.29) is 24.3 Å². The molecule has 0 spiro atoms. The van der Waals surface area contributed by atoms with Crippen LogP contribution in [0.3, 0.4) is 0 Å². The van der Waals surface area contributed by atoms with Crippen LogP contribution in [0.1, 0.15) is 12.5 Å². The van der Waals surface area contributed by atoms with Crippen LogP contribution >= 0.6 is 24.0 Å². The van der Waals surface area contributed by atoms with Crippen LogP contribution < -0.4 is 5.73 Å². The minimum Gasteiger partial charge on any atom is -0.329 e. The summed E-state index contributed by atoms with van der Waals surface area (Å²) in [6.45, 7) is 3.31.